The van der Waals surface area contributed by atoms with E-state index in [0.717, 1.165) is 24.0 Å². The maximum Gasteiger partial charge on any atom is 0.442 e. The Balaban J connectivity index is 1.23. The van der Waals surface area contributed by atoms with Crippen molar-refractivity contribution in [1.29, 1.82) is 0 Å². The van der Waals surface area contributed by atoms with Gasteiger partial charge in [-0.1, -0.05) is 42.0 Å². The molecule has 202 valence electrons. The van der Waals surface area contributed by atoms with Gasteiger partial charge in [0.1, 0.15) is 0 Å². The fourth-order valence-electron chi connectivity index (χ4n) is 5.68. The number of likely N-dealkylation sites (tertiary alicyclic amines) is 1. The molecular weight excluding hydrogens is 497 g/mol. The Bertz CT molecular complexity index is 1220. The van der Waals surface area contributed by atoms with Crippen LogP contribution in [0.25, 0.3) is 0 Å². The fraction of sp³-hybridized carbons (Fsp3) is 0.500. The van der Waals surface area contributed by atoms with E-state index in [-0.39, 0.29) is 23.5 Å². The van der Waals surface area contributed by atoms with Crippen LogP contribution in [0, 0.1) is 12.3 Å². The summed E-state index contributed by atoms with van der Waals surface area (Å²) in [5.74, 6) is -0.296. The second-order valence-corrected chi connectivity index (χ2v) is 10.6. The number of carbonyl (C=O) groups is 2. The van der Waals surface area contributed by atoms with Crippen LogP contribution in [0.3, 0.4) is 0 Å². The lowest BCUT2D eigenvalue weighted by Crippen LogP contribution is -2.60. The summed E-state index contributed by atoms with van der Waals surface area (Å²) < 4.78 is 46.0. The molecule has 3 aliphatic heterocycles. The van der Waals surface area contributed by atoms with Crippen LogP contribution in [-0.2, 0) is 21.6 Å². The van der Waals surface area contributed by atoms with Crippen LogP contribution in [0.5, 0.6) is 0 Å². The number of halogens is 3. The average Bonchev–Trinajstić information content (AvgIpc) is 3.73. The summed E-state index contributed by atoms with van der Waals surface area (Å²) >= 11 is 0. The average molecular weight is 529 g/mol. The van der Waals surface area contributed by atoms with Gasteiger partial charge in [-0.25, -0.2) is 0 Å². The number of hydrogen-bond donors (Lipinski definition) is 1. The van der Waals surface area contributed by atoms with E-state index >= 15 is 0 Å². The maximum absolute atomic E-state index is 13.3. The van der Waals surface area contributed by atoms with E-state index in [4.69, 9.17) is 4.74 Å². The van der Waals surface area contributed by atoms with Gasteiger partial charge in [0.15, 0.2) is 0 Å². The number of nitrogens with zero attached hydrogens (tertiary/aromatic N) is 3. The molecule has 3 heterocycles. The summed E-state index contributed by atoms with van der Waals surface area (Å²) in [7, 11) is 0. The summed E-state index contributed by atoms with van der Waals surface area (Å²) in [4.78, 5) is 27.8. The lowest BCUT2D eigenvalue weighted by atomic mass is 9.72. The molecule has 7 nitrogen and oxygen atoms in total. The van der Waals surface area contributed by atoms with E-state index in [9.17, 15) is 22.8 Å². The third-order valence-corrected chi connectivity index (χ3v) is 7.87. The van der Waals surface area contributed by atoms with Crippen molar-refractivity contribution in [2.75, 3.05) is 26.2 Å². The smallest absolute Gasteiger partial charge is 0.377 e. The zero-order chi connectivity index (χ0) is 27.0. The number of alkyl halides is 3. The standard InChI is InChI=1S/C28H31F3N4O3/c1-19-4-2-5-20(16-19)6-11-24(36)32-17-26-13-3-15-38-23(26)12-14-35(18-26)25(37)21-7-9-22(10-8-21)27(33-34-27)28(29,30)31/h2,4-5,7-10,16,23H,3,6,11-15,17-18H2,1H3,(H,32,36)/t23-,26-/m1/s1. The van der Waals surface area contributed by atoms with Gasteiger partial charge < -0.3 is 15.0 Å². The molecule has 1 N–H and O–H groups in total. The third-order valence-electron chi connectivity index (χ3n) is 7.87. The molecule has 0 spiro atoms. The Morgan fingerprint density at radius 2 is 1.92 bits per heavy atom. The van der Waals surface area contributed by atoms with Crippen molar-refractivity contribution in [1.82, 2.24) is 10.2 Å². The summed E-state index contributed by atoms with van der Waals surface area (Å²) in [5, 5.41) is 9.53. The first-order valence-corrected chi connectivity index (χ1v) is 13.0. The van der Waals surface area contributed by atoms with Crippen molar-refractivity contribution in [3.8, 4) is 0 Å². The second-order valence-electron chi connectivity index (χ2n) is 10.6. The predicted molar refractivity (Wildman–Crippen MR) is 133 cm³/mol. The molecule has 0 radical (unpaired) electrons. The topological polar surface area (TPSA) is 83.4 Å². The molecule has 5 rings (SSSR count). The quantitative estimate of drug-likeness (QED) is 0.553. The van der Waals surface area contributed by atoms with Gasteiger partial charge in [-0.2, -0.15) is 13.2 Å². The van der Waals surface area contributed by atoms with Crippen LogP contribution in [0.4, 0.5) is 13.2 Å². The highest BCUT2D eigenvalue weighted by molar-refractivity contribution is 5.94. The number of fused-ring (bicyclic) bond motifs is 1. The lowest BCUT2D eigenvalue weighted by molar-refractivity contribution is -0.166. The number of carbonyl (C=O) groups excluding carboxylic acids is 2. The highest BCUT2D eigenvalue weighted by atomic mass is 19.4. The van der Waals surface area contributed by atoms with E-state index in [1.165, 1.54) is 24.3 Å². The van der Waals surface area contributed by atoms with Gasteiger partial charge in [-0.3, -0.25) is 9.59 Å². The van der Waals surface area contributed by atoms with Gasteiger partial charge in [0.25, 0.3) is 5.91 Å². The van der Waals surface area contributed by atoms with Gasteiger partial charge >= 0.3 is 11.8 Å². The van der Waals surface area contributed by atoms with Crippen LogP contribution in [0.1, 0.15) is 52.7 Å². The molecule has 2 saturated heterocycles. The lowest BCUT2D eigenvalue weighted by Gasteiger charge is -2.50. The van der Waals surface area contributed by atoms with E-state index in [1.54, 1.807) is 4.90 Å². The molecule has 2 aromatic rings. The molecule has 0 bridgehead atoms. The van der Waals surface area contributed by atoms with Crippen LogP contribution in [0.2, 0.25) is 0 Å². The zero-order valence-electron chi connectivity index (χ0n) is 21.3. The molecule has 0 aromatic heterocycles. The van der Waals surface area contributed by atoms with Gasteiger partial charge in [-0.05, 0) is 50.3 Å². The molecule has 2 atom stereocenters. The zero-order valence-corrected chi connectivity index (χ0v) is 21.3. The summed E-state index contributed by atoms with van der Waals surface area (Å²) in [6, 6.07) is 13.4. The van der Waals surface area contributed by atoms with Crippen LogP contribution in [-0.4, -0.2) is 55.2 Å². The first-order chi connectivity index (χ1) is 18.1. The number of hydrogen-bond acceptors (Lipinski definition) is 5. The summed E-state index contributed by atoms with van der Waals surface area (Å²) in [6.07, 6.45) is -1.37. The Morgan fingerprint density at radius 1 is 1.16 bits per heavy atom. The number of nitrogens with one attached hydrogen (secondary N) is 1. The maximum atomic E-state index is 13.3. The normalized spacial score (nSPS) is 24.0. The van der Waals surface area contributed by atoms with E-state index < -0.39 is 17.3 Å². The highest BCUT2D eigenvalue weighted by Crippen LogP contribution is 2.52. The minimum absolute atomic E-state index is 0.0428. The SMILES string of the molecule is Cc1cccc(CCC(=O)NC[C@@]23CCCO[C@@H]2CCN(C(=O)c2ccc(C4(C(F)(F)F)N=N4)cc2)C3)c1. The Kier molecular flexibility index (Phi) is 7.02. The monoisotopic (exact) mass is 528 g/mol. The molecule has 0 aliphatic carbocycles. The van der Waals surface area contributed by atoms with Crippen molar-refractivity contribution in [3.63, 3.8) is 0 Å². The van der Waals surface area contributed by atoms with Gasteiger partial charge in [0.2, 0.25) is 5.91 Å². The minimum atomic E-state index is -4.61. The van der Waals surface area contributed by atoms with E-state index in [0.29, 0.717) is 51.1 Å². The molecule has 2 aromatic carbocycles. The molecular formula is C28H31F3N4O3. The summed E-state index contributed by atoms with van der Waals surface area (Å²) in [5.41, 5.74) is -0.443. The number of amides is 2. The molecule has 2 fully saturated rings. The van der Waals surface area contributed by atoms with Gasteiger partial charge in [-0.15, -0.1) is 10.2 Å². The Labute approximate surface area is 219 Å². The van der Waals surface area contributed by atoms with E-state index in [2.05, 4.69) is 21.6 Å². The fourth-order valence-corrected chi connectivity index (χ4v) is 5.68. The minimum Gasteiger partial charge on any atom is -0.377 e. The number of benzene rings is 2. The van der Waals surface area contributed by atoms with Crippen LogP contribution in [0.15, 0.2) is 58.8 Å². The molecule has 10 heteroatoms. The third kappa shape index (κ3) is 5.18. The number of piperidine rings is 1. The predicted octanol–water partition coefficient (Wildman–Crippen LogP) is 4.94. The molecule has 0 unspecified atom stereocenters. The van der Waals surface area contributed by atoms with E-state index in [1.807, 2.05) is 25.1 Å². The van der Waals surface area contributed by atoms with Crippen LogP contribution < -0.4 is 5.32 Å². The number of rotatable bonds is 7. The van der Waals surface area contributed by atoms with Crippen molar-refractivity contribution < 1.29 is 27.5 Å². The van der Waals surface area contributed by atoms with Gasteiger partial charge in [0.05, 0.1) is 6.10 Å². The van der Waals surface area contributed by atoms with Gasteiger partial charge in [0, 0.05) is 49.2 Å². The van der Waals surface area contributed by atoms with Crippen LogP contribution >= 0.6 is 0 Å². The largest absolute Gasteiger partial charge is 0.442 e. The first-order valence-electron chi connectivity index (χ1n) is 13.0. The molecule has 3 aliphatic rings. The Hall–Kier alpha value is -3.27. The second kappa shape index (κ2) is 10.1. The first kappa shape index (κ1) is 26.3. The molecule has 38 heavy (non-hydrogen) atoms. The molecule has 2 amide bonds. The Morgan fingerprint density at radius 3 is 2.61 bits per heavy atom. The summed E-state index contributed by atoms with van der Waals surface area (Å²) in [6.45, 7) is 3.97. The van der Waals surface area contributed by atoms with Crippen molar-refractivity contribution in [3.05, 3.63) is 70.8 Å². The van der Waals surface area contributed by atoms with Crippen molar-refractivity contribution in [2.24, 2.45) is 15.6 Å². The highest BCUT2D eigenvalue weighted by Gasteiger charge is 2.65. The number of ether oxygens (including phenoxy) is 1. The van der Waals surface area contributed by atoms with Crippen molar-refractivity contribution >= 4 is 11.8 Å². The number of aryl methyl sites for hydroxylation is 2. The van der Waals surface area contributed by atoms with Crippen molar-refractivity contribution in [2.45, 2.75) is 57.0 Å². The molecule has 0 saturated carbocycles.